The molecule has 1 saturated heterocycles. The van der Waals surface area contributed by atoms with E-state index in [1.165, 1.54) is 12.7 Å². The number of sulfone groups is 1. The maximum Gasteiger partial charge on any atom is 0.241 e. The van der Waals surface area contributed by atoms with Crippen LogP contribution >= 0.6 is 12.4 Å². The number of carbonyl (C=O) groups is 1. The molecule has 3 atom stereocenters. The Morgan fingerprint density at radius 3 is 2.32 bits per heavy atom. The Balaban J connectivity index is 0.00000242. The van der Waals surface area contributed by atoms with Crippen molar-refractivity contribution in [2.45, 2.75) is 56.7 Å². The summed E-state index contributed by atoms with van der Waals surface area (Å²) < 4.78 is 23.3. The fourth-order valence-electron chi connectivity index (χ4n) is 3.68. The highest BCUT2D eigenvalue weighted by Gasteiger charge is 2.49. The Bertz CT molecular complexity index is 489. The van der Waals surface area contributed by atoms with Crippen molar-refractivity contribution in [1.82, 2.24) is 10.6 Å². The largest absolute Gasteiger partial charge is 0.352 e. The summed E-state index contributed by atoms with van der Waals surface area (Å²) in [4.78, 5) is 12.8. The van der Waals surface area contributed by atoms with Crippen molar-refractivity contribution >= 4 is 28.2 Å². The number of halogens is 1. The standard InChI is InChI=1S/C15H28N2O3S.ClH/c1-11-5-4-6-13(12(11)2)17-14(18)15(21(3,19)20)7-9-16-10-8-15;/h11-13,16H,4-10H2,1-3H3,(H,17,18);1H. The van der Waals surface area contributed by atoms with Gasteiger partial charge in [-0.2, -0.15) is 0 Å². The number of carbonyl (C=O) groups excluding carboxylic acids is 1. The van der Waals surface area contributed by atoms with Crippen LogP contribution in [0.25, 0.3) is 0 Å². The second-order valence-electron chi connectivity index (χ2n) is 6.86. The van der Waals surface area contributed by atoms with Crippen LogP contribution in [0.4, 0.5) is 0 Å². The molecule has 2 aliphatic rings. The maximum atomic E-state index is 12.8. The predicted octanol–water partition coefficient (Wildman–Crippen LogP) is 1.52. The third-order valence-electron chi connectivity index (χ3n) is 5.56. The van der Waals surface area contributed by atoms with Crippen molar-refractivity contribution in [2.75, 3.05) is 19.3 Å². The highest BCUT2D eigenvalue weighted by atomic mass is 35.5. The summed E-state index contributed by atoms with van der Waals surface area (Å²) in [5.41, 5.74) is 0. The van der Waals surface area contributed by atoms with Crippen molar-refractivity contribution in [1.29, 1.82) is 0 Å². The normalized spacial score (nSPS) is 31.9. The molecule has 1 aliphatic carbocycles. The molecule has 2 rings (SSSR count). The van der Waals surface area contributed by atoms with Crippen LogP contribution in [0.15, 0.2) is 0 Å². The first-order chi connectivity index (χ1) is 9.78. The quantitative estimate of drug-likeness (QED) is 0.807. The Hall–Kier alpha value is -0.330. The smallest absolute Gasteiger partial charge is 0.241 e. The van der Waals surface area contributed by atoms with Crippen LogP contribution in [0.2, 0.25) is 0 Å². The van der Waals surface area contributed by atoms with Crippen molar-refractivity contribution in [3.8, 4) is 0 Å². The maximum absolute atomic E-state index is 12.8. The average molecular weight is 353 g/mol. The van der Waals surface area contributed by atoms with Gasteiger partial charge in [0, 0.05) is 12.3 Å². The van der Waals surface area contributed by atoms with Gasteiger partial charge in [-0.15, -0.1) is 12.4 Å². The molecule has 0 radical (unpaired) electrons. The first kappa shape index (κ1) is 19.7. The number of hydrogen-bond donors (Lipinski definition) is 2. The highest BCUT2D eigenvalue weighted by molar-refractivity contribution is 7.92. The molecule has 5 nitrogen and oxygen atoms in total. The predicted molar refractivity (Wildman–Crippen MR) is 91.0 cm³/mol. The molecule has 0 spiro atoms. The molecular weight excluding hydrogens is 324 g/mol. The summed E-state index contributed by atoms with van der Waals surface area (Å²) in [6, 6.07) is 0.106. The van der Waals surface area contributed by atoms with Gasteiger partial charge in [-0.05, 0) is 44.2 Å². The monoisotopic (exact) mass is 352 g/mol. The highest BCUT2D eigenvalue weighted by Crippen LogP contribution is 2.32. The van der Waals surface area contributed by atoms with E-state index < -0.39 is 14.6 Å². The topological polar surface area (TPSA) is 75.3 Å². The van der Waals surface area contributed by atoms with Crippen molar-refractivity contribution in [2.24, 2.45) is 11.8 Å². The van der Waals surface area contributed by atoms with Crippen LogP contribution in [0.1, 0.15) is 46.0 Å². The molecule has 1 saturated carbocycles. The van der Waals surface area contributed by atoms with Crippen molar-refractivity contribution < 1.29 is 13.2 Å². The number of piperidine rings is 1. The molecule has 2 fully saturated rings. The Labute approximate surface area is 140 Å². The molecule has 7 heteroatoms. The first-order valence-corrected chi connectivity index (χ1v) is 9.88. The summed E-state index contributed by atoms with van der Waals surface area (Å²) in [6.07, 6.45) is 5.18. The van der Waals surface area contributed by atoms with Gasteiger partial charge in [0.15, 0.2) is 14.6 Å². The molecule has 0 bridgehead atoms. The van der Waals surface area contributed by atoms with Crippen molar-refractivity contribution in [3.63, 3.8) is 0 Å². The van der Waals surface area contributed by atoms with E-state index in [0.717, 1.165) is 12.8 Å². The van der Waals surface area contributed by atoms with E-state index >= 15 is 0 Å². The van der Waals surface area contributed by atoms with Gasteiger partial charge in [0.2, 0.25) is 5.91 Å². The second-order valence-corrected chi connectivity index (χ2v) is 9.19. The Kier molecular flexibility index (Phi) is 6.72. The van der Waals surface area contributed by atoms with Crippen LogP contribution in [0, 0.1) is 11.8 Å². The molecule has 130 valence electrons. The van der Waals surface area contributed by atoms with E-state index in [2.05, 4.69) is 24.5 Å². The molecule has 3 unspecified atom stereocenters. The van der Waals surface area contributed by atoms with Gasteiger partial charge in [0.05, 0.1) is 0 Å². The molecule has 1 amide bonds. The average Bonchev–Trinajstić information content (AvgIpc) is 2.43. The minimum Gasteiger partial charge on any atom is -0.352 e. The first-order valence-electron chi connectivity index (χ1n) is 7.99. The summed E-state index contributed by atoms with van der Waals surface area (Å²) in [5, 5.41) is 6.21. The van der Waals surface area contributed by atoms with Crippen LogP contribution < -0.4 is 10.6 Å². The van der Waals surface area contributed by atoms with Crippen molar-refractivity contribution in [3.05, 3.63) is 0 Å². The summed E-state index contributed by atoms with van der Waals surface area (Å²) in [5.74, 6) is 0.699. The van der Waals surface area contributed by atoms with Gasteiger partial charge in [0.1, 0.15) is 0 Å². The van der Waals surface area contributed by atoms with Gasteiger partial charge in [-0.25, -0.2) is 8.42 Å². The molecular formula is C15H29ClN2O3S. The van der Waals surface area contributed by atoms with Crippen LogP contribution in [0.5, 0.6) is 0 Å². The lowest BCUT2D eigenvalue weighted by atomic mass is 9.77. The molecule has 0 aromatic carbocycles. The molecule has 22 heavy (non-hydrogen) atoms. The Morgan fingerprint density at radius 2 is 1.77 bits per heavy atom. The SMILES string of the molecule is CC1CCCC(NC(=O)C2(S(C)(=O)=O)CCNCC2)C1C.Cl. The fraction of sp³-hybridized carbons (Fsp3) is 0.933. The number of amides is 1. The van der Waals surface area contributed by atoms with E-state index in [9.17, 15) is 13.2 Å². The van der Waals surface area contributed by atoms with E-state index in [1.807, 2.05) is 0 Å². The lowest BCUT2D eigenvalue weighted by Crippen LogP contribution is -2.60. The number of rotatable bonds is 3. The Morgan fingerprint density at radius 1 is 1.18 bits per heavy atom. The number of hydrogen-bond acceptors (Lipinski definition) is 4. The lowest BCUT2D eigenvalue weighted by Gasteiger charge is -2.39. The second kappa shape index (κ2) is 7.49. The molecule has 1 heterocycles. The van der Waals surface area contributed by atoms with E-state index in [0.29, 0.717) is 37.8 Å². The minimum atomic E-state index is -3.42. The molecule has 0 aromatic rings. The van der Waals surface area contributed by atoms with Crippen LogP contribution in [-0.4, -0.2) is 44.5 Å². The van der Waals surface area contributed by atoms with Gasteiger partial charge in [-0.1, -0.05) is 26.7 Å². The summed E-state index contributed by atoms with van der Waals surface area (Å²) >= 11 is 0. The van der Waals surface area contributed by atoms with Crippen LogP contribution in [0.3, 0.4) is 0 Å². The summed E-state index contributed by atoms with van der Waals surface area (Å²) in [6.45, 7) is 5.53. The van der Waals surface area contributed by atoms with Gasteiger partial charge in [0.25, 0.3) is 0 Å². The van der Waals surface area contributed by atoms with Gasteiger partial charge in [-0.3, -0.25) is 4.79 Å². The number of nitrogens with one attached hydrogen (secondary N) is 2. The minimum absolute atomic E-state index is 0. The van der Waals surface area contributed by atoms with Crippen LogP contribution in [-0.2, 0) is 14.6 Å². The molecule has 2 N–H and O–H groups in total. The lowest BCUT2D eigenvalue weighted by molar-refractivity contribution is -0.125. The van der Waals surface area contributed by atoms with E-state index in [4.69, 9.17) is 0 Å². The van der Waals surface area contributed by atoms with E-state index in [-0.39, 0.29) is 24.4 Å². The van der Waals surface area contributed by atoms with E-state index in [1.54, 1.807) is 0 Å². The zero-order valence-electron chi connectivity index (χ0n) is 13.7. The van der Waals surface area contributed by atoms with Gasteiger partial charge >= 0.3 is 0 Å². The molecule has 1 aliphatic heterocycles. The zero-order valence-corrected chi connectivity index (χ0v) is 15.4. The fourth-order valence-corrected chi connectivity index (χ4v) is 5.02. The third kappa shape index (κ3) is 3.77. The summed E-state index contributed by atoms with van der Waals surface area (Å²) in [7, 11) is -3.42. The zero-order chi connectivity index (χ0) is 15.7. The van der Waals surface area contributed by atoms with Gasteiger partial charge < -0.3 is 10.6 Å². The molecule has 0 aromatic heterocycles. The third-order valence-corrected chi connectivity index (χ3v) is 7.57.